The van der Waals surface area contributed by atoms with Crippen LogP contribution in [0, 0.1) is 0 Å². The molecule has 10 nitrogen and oxygen atoms in total. The number of nitrogens with one attached hydrogen (secondary N) is 1. The van der Waals surface area contributed by atoms with E-state index in [1.165, 1.54) is 24.3 Å². The Morgan fingerprint density at radius 2 is 1.17 bits per heavy atom. The van der Waals surface area contributed by atoms with E-state index in [1.54, 1.807) is 12.1 Å². The van der Waals surface area contributed by atoms with Crippen molar-refractivity contribution in [3.05, 3.63) is 173 Å². The zero-order valence-electron chi connectivity index (χ0n) is 34.0. The maximum atomic E-state index is 11.7. The summed E-state index contributed by atoms with van der Waals surface area (Å²) in [6, 6.07) is 36.5. The third-order valence-corrected chi connectivity index (χ3v) is 11.2. The smallest absolute Gasteiger partial charge is 0.744 e. The summed E-state index contributed by atoms with van der Waals surface area (Å²) in [5.74, 6) is 0.812. The molecule has 0 spiro atoms. The number of hydrogen-bond donors (Lipinski definition) is 1. The topological polar surface area (TPSA) is 142 Å². The number of benzene rings is 5. The summed E-state index contributed by atoms with van der Waals surface area (Å²) >= 11 is 0. The van der Waals surface area contributed by atoms with Crippen LogP contribution in [0.25, 0.3) is 5.57 Å². The van der Waals surface area contributed by atoms with Gasteiger partial charge >= 0.3 is 59.1 Å². The van der Waals surface area contributed by atoms with Gasteiger partial charge in [0.1, 0.15) is 32.5 Å². The van der Waals surface area contributed by atoms with E-state index in [1.807, 2.05) is 93.6 Å². The number of hydrogen-bond acceptors (Lipinski definition) is 9. The molecule has 0 unspecified atom stereocenters. The maximum absolute atomic E-state index is 11.7. The molecule has 14 heteroatoms. The molecule has 5 aromatic rings. The first-order chi connectivity index (χ1) is 27.3. The van der Waals surface area contributed by atoms with Gasteiger partial charge in [0, 0.05) is 47.9 Å². The quantitative estimate of drug-likeness (QED) is 0.0955. The monoisotopic (exact) mass is 848 g/mol. The summed E-state index contributed by atoms with van der Waals surface area (Å²) in [6.07, 6.45) is 8.22. The van der Waals surface area contributed by atoms with Gasteiger partial charge in [0.15, 0.2) is 12.3 Å². The van der Waals surface area contributed by atoms with Gasteiger partial charge in [-0.3, -0.25) is 0 Å². The molecule has 294 valence electrons. The summed E-state index contributed by atoms with van der Waals surface area (Å²) in [5, 5.41) is 3.46. The molecule has 59 heavy (non-hydrogen) atoms. The van der Waals surface area contributed by atoms with Crippen molar-refractivity contribution >= 4 is 48.6 Å². The van der Waals surface area contributed by atoms with Crippen molar-refractivity contribution in [2.75, 3.05) is 29.9 Å². The average Bonchev–Trinajstić information content (AvgIpc) is 3.21. The van der Waals surface area contributed by atoms with Crippen molar-refractivity contribution < 1.29 is 94.4 Å². The van der Waals surface area contributed by atoms with Crippen LogP contribution in [0.4, 0.5) is 17.1 Å². The van der Waals surface area contributed by atoms with Crippen molar-refractivity contribution in [1.29, 1.82) is 0 Å². The first-order valence-corrected chi connectivity index (χ1v) is 21.4. The first kappa shape index (κ1) is 47.9. The zero-order chi connectivity index (χ0) is 40.6. The summed E-state index contributed by atoms with van der Waals surface area (Å²) in [5.41, 5.74) is 9.14. The molecule has 0 aromatic heterocycles. The van der Waals surface area contributed by atoms with Crippen LogP contribution in [0.1, 0.15) is 43.0 Å². The second-order valence-corrected chi connectivity index (χ2v) is 16.1. The van der Waals surface area contributed by atoms with Crippen LogP contribution < -0.4 is 74.1 Å². The van der Waals surface area contributed by atoms with E-state index in [-0.39, 0.29) is 68.9 Å². The number of nitrogens with zero attached hydrogens (tertiary/aromatic N) is 2. The second kappa shape index (κ2) is 21.6. The fourth-order valence-corrected chi connectivity index (χ4v) is 7.76. The Hall–Kier alpha value is -3.79. The van der Waals surface area contributed by atoms with Crippen LogP contribution in [-0.4, -0.2) is 55.9 Å². The molecular formula is C45H44N3Na2O7S2+. The van der Waals surface area contributed by atoms with E-state index < -0.39 is 20.2 Å². The predicted octanol–water partition coefficient (Wildman–Crippen LogP) is 2.27. The summed E-state index contributed by atoms with van der Waals surface area (Å²) in [6.45, 7) is 8.74. The molecule has 0 bridgehead atoms. The van der Waals surface area contributed by atoms with Gasteiger partial charge in [0.25, 0.3) is 0 Å². The van der Waals surface area contributed by atoms with Crippen LogP contribution in [0.15, 0.2) is 161 Å². The molecule has 0 fully saturated rings. The second-order valence-electron chi connectivity index (χ2n) is 13.4. The number of anilines is 3. The zero-order valence-corrected chi connectivity index (χ0v) is 39.6. The van der Waals surface area contributed by atoms with Crippen molar-refractivity contribution in [1.82, 2.24) is 0 Å². The van der Waals surface area contributed by atoms with Crippen molar-refractivity contribution in [3.8, 4) is 5.75 Å². The van der Waals surface area contributed by atoms with Gasteiger partial charge in [0.05, 0.1) is 16.4 Å². The van der Waals surface area contributed by atoms with Crippen molar-refractivity contribution in [3.63, 3.8) is 0 Å². The molecule has 0 amide bonds. The van der Waals surface area contributed by atoms with Gasteiger partial charge < -0.3 is 24.1 Å². The number of allylic oxidation sites excluding steroid dienone is 5. The Morgan fingerprint density at radius 1 is 0.661 bits per heavy atom. The molecule has 5 aromatic carbocycles. The molecule has 0 saturated heterocycles. The third-order valence-electron chi connectivity index (χ3n) is 9.55. The minimum atomic E-state index is -4.57. The SMILES string of the molecule is CCOc1ccc(Nc2ccc(C(=C3C=CC(=[N+](CC)Cc4cccc(S(=O)(=O)[O-])c4)C=C3)c3ccc(N(CC)Cc4cccc(S(=O)(=O)[O-])c4)cc3)cc2)cc1.[Na+].[Na+]. The minimum Gasteiger partial charge on any atom is -0.744 e. The fourth-order valence-electron chi connectivity index (χ4n) is 6.68. The van der Waals surface area contributed by atoms with E-state index in [0.717, 1.165) is 50.8 Å². The maximum Gasteiger partial charge on any atom is 1.00 e. The Kier molecular flexibility index (Phi) is 17.6. The molecule has 0 heterocycles. The summed E-state index contributed by atoms with van der Waals surface area (Å²) < 4.78 is 77.6. The van der Waals surface area contributed by atoms with Crippen molar-refractivity contribution in [2.45, 2.75) is 43.7 Å². The van der Waals surface area contributed by atoms with E-state index >= 15 is 0 Å². The molecule has 0 atom stereocenters. The van der Waals surface area contributed by atoms with Gasteiger partial charge in [-0.15, -0.1) is 0 Å². The van der Waals surface area contributed by atoms with Gasteiger partial charge in [-0.05, 0) is 134 Å². The molecule has 0 radical (unpaired) electrons. The van der Waals surface area contributed by atoms with E-state index in [2.05, 4.69) is 51.2 Å². The van der Waals surface area contributed by atoms with Crippen molar-refractivity contribution in [2.24, 2.45) is 0 Å². The minimum absolute atomic E-state index is 0. The molecule has 1 aliphatic rings. The molecule has 1 N–H and O–H groups in total. The third kappa shape index (κ3) is 12.9. The normalized spacial score (nSPS) is 12.3. The van der Waals surface area contributed by atoms with Crippen LogP contribution in [0.3, 0.4) is 0 Å². The van der Waals surface area contributed by atoms with Crippen LogP contribution >= 0.6 is 0 Å². The number of rotatable bonds is 15. The molecule has 1 aliphatic carbocycles. The van der Waals surface area contributed by atoms with Crippen LogP contribution in [0.5, 0.6) is 5.75 Å². The predicted molar refractivity (Wildman–Crippen MR) is 223 cm³/mol. The summed E-state index contributed by atoms with van der Waals surface area (Å²) in [7, 11) is -9.13. The molecule has 6 rings (SSSR count). The Balaban J connectivity index is 0.00000384. The largest absolute Gasteiger partial charge is 1.00 e. The Labute approximate surface area is 392 Å². The van der Waals surface area contributed by atoms with Crippen LogP contribution in [-0.2, 0) is 33.3 Å². The average molecular weight is 849 g/mol. The summed E-state index contributed by atoms with van der Waals surface area (Å²) in [4.78, 5) is 1.61. The molecule has 0 aliphatic heterocycles. The van der Waals surface area contributed by atoms with E-state index in [0.29, 0.717) is 43.9 Å². The number of ether oxygens (including phenoxy) is 1. The molecular weight excluding hydrogens is 805 g/mol. The van der Waals surface area contributed by atoms with Gasteiger partial charge in [-0.1, -0.05) is 48.5 Å². The fraction of sp³-hybridized carbons (Fsp3) is 0.178. The Morgan fingerprint density at radius 3 is 1.68 bits per heavy atom. The van der Waals surface area contributed by atoms with E-state index in [4.69, 9.17) is 4.74 Å². The van der Waals surface area contributed by atoms with Gasteiger partial charge in [-0.25, -0.2) is 21.4 Å². The standard InChI is InChI=1S/C45H45N3O7S2.2Na/c1-4-47(31-33-9-7-11-43(29-33)56(49,50)51)40-23-15-36(16-24-40)45(35-13-19-38(20-14-35)46-39-21-27-42(28-22-39)55-6-3)37-17-25-41(26-18-37)48(5-2)32-34-10-8-12-44(30-34)57(52,53)54;;/h7-30H,4-6,31-32H2,1-3H3,(H2,49,50,51,52,53,54);;/q;2*+1/p-1. The van der Waals surface area contributed by atoms with Gasteiger partial charge in [-0.2, -0.15) is 0 Å². The van der Waals surface area contributed by atoms with Crippen LogP contribution in [0.2, 0.25) is 0 Å². The molecule has 0 saturated carbocycles. The first-order valence-electron chi connectivity index (χ1n) is 18.6. The van der Waals surface area contributed by atoms with E-state index in [9.17, 15) is 25.9 Å². The van der Waals surface area contributed by atoms with Gasteiger partial charge in [0.2, 0.25) is 0 Å². The Bertz CT molecular complexity index is 2560.